The molecule has 3 aromatic rings. The third-order valence-corrected chi connectivity index (χ3v) is 5.07. The van der Waals surface area contributed by atoms with Crippen molar-refractivity contribution in [3.63, 3.8) is 0 Å². The largest absolute Gasteiger partial charge is 0.452 e. The molecular formula is C21H17NO. The van der Waals surface area contributed by atoms with Crippen LogP contribution in [0.2, 0.25) is 0 Å². The van der Waals surface area contributed by atoms with E-state index < -0.39 is 0 Å². The summed E-state index contributed by atoms with van der Waals surface area (Å²) in [5.74, 6) is 1.83. The first kappa shape index (κ1) is 12.8. The minimum atomic E-state index is 0.00127. The standard InChI is InChI=1S/C21H17NO/c1-21(2)14-8-4-3-7-13(14)19-15(21)11-12-17-20(19)23-18-10-6-5-9-16(18)22-17/h3-12,22H,1-2H3. The fraction of sp³-hybridized carbons (Fsp3) is 0.143. The Morgan fingerprint density at radius 3 is 2.48 bits per heavy atom. The highest BCUT2D eigenvalue weighted by atomic mass is 16.5. The van der Waals surface area contributed by atoms with Crippen molar-refractivity contribution in [2.75, 3.05) is 5.32 Å². The minimum absolute atomic E-state index is 0.00127. The van der Waals surface area contributed by atoms with Gasteiger partial charge in [-0.25, -0.2) is 0 Å². The third kappa shape index (κ3) is 1.58. The van der Waals surface area contributed by atoms with E-state index in [1.165, 1.54) is 22.3 Å². The van der Waals surface area contributed by atoms with Gasteiger partial charge in [-0.3, -0.25) is 0 Å². The number of para-hydroxylation sites is 2. The lowest BCUT2D eigenvalue weighted by molar-refractivity contribution is 0.482. The van der Waals surface area contributed by atoms with Crippen molar-refractivity contribution >= 4 is 11.4 Å². The first-order valence-corrected chi connectivity index (χ1v) is 7.97. The van der Waals surface area contributed by atoms with Crippen molar-refractivity contribution in [2.45, 2.75) is 19.3 Å². The first-order chi connectivity index (χ1) is 11.2. The zero-order valence-electron chi connectivity index (χ0n) is 13.2. The summed E-state index contributed by atoms with van der Waals surface area (Å²) < 4.78 is 6.31. The van der Waals surface area contributed by atoms with Crippen LogP contribution in [0, 0.1) is 0 Å². The molecule has 0 spiro atoms. The summed E-state index contributed by atoms with van der Waals surface area (Å²) in [6.45, 7) is 4.57. The molecule has 2 heteroatoms. The van der Waals surface area contributed by atoms with E-state index in [-0.39, 0.29) is 5.41 Å². The smallest absolute Gasteiger partial charge is 0.159 e. The van der Waals surface area contributed by atoms with Gasteiger partial charge in [0.15, 0.2) is 11.5 Å². The Labute approximate surface area is 135 Å². The van der Waals surface area contributed by atoms with Gasteiger partial charge in [0.1, 0.15) is 0 Å². The van der Waals surface area contributed by atoms with Crippen LogP contribution in [-0.2, 0) is 5.41 Å². The lowest BCUT2D eigenvalue weighted by atomic mass is 9.82. The van der Waals surface area contributed by atoms with Crippen LogP contribution in [0.25, 0.3) is 11.1 Å². The molecule has 0 unspecified atom stereocenters. The highest BCUT2D eigenvalue weighted by molar-refractivity contribution is 5.92. The summed E-state index contributed by atoms with van der Waals surface area (Å²) in [7, 11) is 0. The van der Waals surface area contributed by atoms with Gasteiger partial charge in [0.05, 0.1) is 11.4 Å². The summed E-state index contributed by atoms with van der Waals surface area (Å²) in [5, 5.41) is 3.50. The SMILES string of the molecule is CC1(C)c2ccccc2-c2c1ccc1c2Oc2ccccc2N1. The van der Waals surface area contributed by atoms with Crippen molar-refractivity contribution in [3.8, 4) is 22.6 Å². The Morgan fingerprint density at radius 1 is 0.783 bits per heavy atom. The van der Waals surface area contributed by atoms with Crippen LogP contribution in [-0.4, -0.2) is 0 Å². The maximum Gasteiger partial charge on any atom is 0.159 e. The van der Waals surface area contributed by atoms with Crippen LogP contribution in [0.3, 0.4) is 0 Å². The van der Waals surface area contributed by atoms with Crippen LogP contribution in [0.1, 0.15) is 25.0 Å². The highest BCUT2D eigenvalue weighted by Gasteiger charge is 2.38. The number of hydrogen-bond acceptors (Lipinski definition) is 2. The van der Waals surface area contributed by atoms with Gasteiger partial charge in [0.25, 0.3) is 0 Å². The molecule has 5 rings (SSSR count). The van der Waals surface area contributed by atoms with Gasteiger partial charge in [-0.15, -0.1) is 0 Å². The van der Waals surface area contributed by atoms with Crippen molar-refractivity contribution in [1.82, 2.24) is 0 Å². The zero-order valence-corrected chi connectivity index (χ0v) is 13.2. The van der Waals surface area contributed by atoms with E-state index in [9.17, 15) is 0 Å². The molecule has 0 fully saturated rings. The molecular weight excluding hydrogens is 282 g/mol. The van der Waals surface area contributed by atoms with Crippen molar-refractivity contribution in [3.05, 3.63) is 71.8 Å². The van der Waals surface area contributed by atoms with Gasteiger partial charge in [-0.05, 0) is 34.9 Å². The van der Waals surface area contributed by atoms with E-state index >= 15 is 0 Å². The molecule has 2 nitrogen and oxygen atoms in total. The number of hydrogen-bond donors (Lipinski definition) is 1. The van der Waals surface area contributed by atoms with E-state index in [4.69, 9.17) is 4.74 Å². The van der Waals surface area contributed by atoms with E-state index in [0.29, 0.717) is 0 Å². The fourth-order valence-electron chi connectivity index (χ4n) is 3.88. The Morgan fingerprint density at radius 2 is 1.57 bits per heavy atom. The van der Waals surface area contributed by atoms with E-state index in [0.717, 1.165) is 22.9 Å². The Bertz CT molecular complexity index is 956. The zero-order chi connectivity index (χ0) is 15.6. The summed E-state index contributed by atoms with van der Waals surface area (Å²) in [6.07, 6.45) is 0. The number of benzene rings is 3. The summed E-state index contributed by atoms with van der Waals surface area (Å²) in [6, 6.07) is 21.1. The second-order valence-electron chi connectivity index (χ2n) is 6.76. The highest BCUT2D eigenvalue weighted by Crippen LogP contribution is 2.56. The summed E-state index contributed by atoms with van der Waals surface area (Å²) >= 11 is 0. The Hall–Kier alpha value is -2.74. The Kier molecular flexibility index (Phi) is 2.31. The maximum atomic E-state index is 6.31. The monoisotopic (exact) mass is 299 g/mol. The van der Waals surface area contributed by atoms with Gasteiger partial charge < -0.3 is 10.1 Å². The van der Waals surface area contributed by atoms with Gasteiger partial charge in [0, 0.05) is 11.0 Å². The van der Waals surface area contributed by atoms with Gasteiger partial charge in [-0.1, -0.05) is 56.3 Å². The molecule has 0 bridgehead atoms. The van der Waals surface area contributed by atoms with Gasteiger partial charge >= 0.3 is 0 Å². The number of ether oxygens (including phenoxy) is 1. The van der Waals surface area contributed by atoms with Crippen molar-refractivity contribution in [2.24, 2.45) is 0 Å². The molecule has 0 saturated carbocycles. The number of anilines is 2. The molecule has 1 N–H and O–H groups in total. The molecule has 0 radical (unpaired) electrons. The predicted octanol–water partition coefficient (Wildman–Crippen LogP) is 5.84. The third-order valence-electron chi connectivity index (χ3n) is 5.07. The maximum absolute atomic E-state index is 6.31. The number of fused-ring (bicyclic) bond motifs is 6. The predicted molar refractivity (Wildman–Crippen MR) is 93.8 cm³/mol. The second-order valence-corrected chi connectivity index (χ2v) is 6.76. The van der Waals surface area contributed by atoms with Crippen LogP contribution in [0.15, 0.2) is 60.7 Å². The molecule has 112 valence electrons. The van der Waals surface area contributed by atoms with Crippen LogP contribution >= 0.6 is 0 Å². The molecule has 1 heterocycles. The molecule has 0 amide bonds. The molecule has 0 saturated heterocycles. The summed E-state index contributed by atoms with van der Waals surface area (Å²) in [5.41, 5.74) is 7.27. The number of nitrogens with one attached hydrogen (secondary N) is 1. The normalized spacial score (nSPS) is 15.6. The molecule has 0 atom stereocenters. The summed E-state index contributed by atoms with van der Waals surface area (Å²) in [4.78, 5) is 0. The van der Waals surface area contributed by atoms with Crippen LogP contribution in [0.5, 0.6) is 11.5 Å². The molecule has 3 aromatic carbocycles. The molecule has 1 aliphatic carbocycles. The first-order valence-electron chi connectivity index (χ1n) is 7.97. The Balaban J connectivity index is 1.80. The van der Waals surface area contributed by atoms with E-state index in [1.54, 1.807) is 0 Å². The quantitative estimate of drug-likeness (QED) is 0.440. The van der Waals surface area contributed by atoms with Crippen LogP contribution < -0.4 is 10.1 Å². The van der Waals surface area contributed by atoms with Crippen molar-refractivity contribution in [1.29, 1.82) is 0 Å². The van der Waals surface area contributed by atoms with E-state index in [1.807, 2.05) is 24.3 Å². The van der Waals surface area contributed by atoms with Gasteiger partial charge in [0.2, 0.25) is 0 Å². The fourth-order valence-corrected chi connectivity index (χ4v) is 3.88. The van der Waals surface area contributed by atoms with Crippen molar-refractivity contribution < 1.29 is 4.74 Å². The molecule has 2 aliphatic rings. The van der Waals surface area contributed by atoms with Gasteiger partial charge in [-0.2, -0.15) is 0 Å². The molecule has 23 heavy (non-hydrogen) atoms. The minimum Gasteiger partial charge on any atom is -0.452 e. The number of rotatable bonds is 0. The molecule has 1 aliphatic heterocycles. The lowest BCUT2D eigenvalue weighted by Gasteiger charge is -2.26. The second kappa shape index (κ2) is 4.17. The van der Waals surface area contributed by atoms with E-state index in [2.05, 4.69) is 55.6 Å². The average molecular weight is 299 g/mol. The topological polar surface area (TPSA) is 21.3 Å². The lowest BCUT2D eigenvalue weighted by Crippen LogP contribution is -2.15. The van der Waals surface area contributed by atoms with Crippen LogP contribution in [0.4, 0.5) is 11.4 Å². The molecule has 0 aromatic heterocycles. The average Bonchev–Trinajstić information content (AvgIpc) is 2.81.